The number of hydrogen-bond donors (Lipinski definition) is 1. The number of halogens is 3. The van der Waals surface area contributed by atoms with Crippen molar-refractivity contribution in [3.63, 3.8) is 0 Å². The molecule has 2 N–H and O–H groups in total. The molecule has 0 amide bonds. The molecular weight excluding hydrogens is 342 g/mol. The van der Waals surface area contributed by atoms with E-state index in [0.717, 1.165) is 0 Å². The Morgan fingerprint density at radius 3 is 2.43 bits per heavy atom. The summed E-state index contributed by atoms with van der Waals surface area (Å²) < 4.78 is 32.9. The molecule has 3 aromatic rings. The first-order chi connectivity index (χ1) is 10.1. The second-order valence-corrected chi connectivity index (χ2v) is 5.32. The molecule has 21 heavy (non-hydrogen) atoms. The first-order valence-corrected chi connectivity index (χ1v) is 6.82. The lowest BCUT2D eigenvalue weighted by Gasteiger charge is -2.04. The smallest absolute Gasteiger partial charge is 0.179 e. The van der Waals surface area contributed by atoms with E-state index in [0.29, 0.717) is 15.6 Å². The Morgan fingerprint density at radius 2 is 1.76 bits per heavy atom. The van der Waals surface area contributed by atoms with Gasteiger partial charge in [-0.05, 0) is 35.9 Å². The molecule has 3 nitrogen and oxygen atoms in total. The van der Waals surface area contributed by atoms with Crippen molar-refractivity contribution in [1.82, 2.24) is 5.16 Å². The fraction of sp³-hybridized carbons (Fsp3) is 0. The molecule has 0 fully saturated rings. The quantitative estimate of drug-likeness (QED) is 0.732. The van der Waals surface area contributed by atoms with Gasteiger partial charge in [0.05, 0.1) is 11.1 Å². The Hall–Kier alpha value is -2.21. The SMILES string of the molecule is Nc1noc(-c2ccc(Br)cc2F)c1-c1ccc(F)cc1. The van der Waals surface area contributed by atoms with Crippen LogP contribution < -0.4 is 5.73 Å². The van der Waals surface area contributed by atoms with Gasteiger partial charge in [-0.2, -0.15) is 0 Å². The maximum atomic E-state index is 14.1. The van der Waals surface area contributed by atoms with Gasteiger partial charge in [0, 0.05) is 4.47 Å². The highest BCUT2D eigenvalue weighted by molar-refractivity contribution is 9.10. The molecule has 0 aliphatic rings. The maximum Gasteiger partial charge on any atom is 0.179 e. The van der Waals surface area contributed by atoms with E-state index >= 15 is 0 Å². The molecule has 2 aromatic carbocycles. The predicted octanol–water partition coefficient (Wildman–Crippen LogP) is 4.63. The van der Waals surface area contributed by atoms with E-state index in [4.69, 9.17) is 10.3 Å². The summed E-state index contributed by atoms with van der Waals surface area (Å²) in [5.74, 6) is -0.503. The van der Waals surface area contributed by atoms with Crippen molar-refractivity contribution in [2.24, 2.45) is 0 Å². The minimum absolute atomic E-state index is 0.124. The van der Waals surface area contributed by atoms with E-state index in [-0.39, 0.29) is 23.0 Å². The van der Waals surface area contributed by atoms with Gasteiger partial charge >= 0.3 is 0 Å². The third kappa shape index (κ3) is 2.54. The van der Waals surface area contributed by atoms with Crippen LogP contribution in [0.2, 0.25) is 0 Å². The lowest BCUT2D eigenvalue weighted by molar-refractivity contribution is 0.433. The van der Waals surface area contributed by atoms with Crippen LogP contribution in [0.5, 0.6) is 0 Å². The van der Waals surface area contributed by atoms with Gasteiger partial charge in [-0.1, -0.05) is 33.2 Å². The first-order valence-electron chi connectivity index (χ1n) is 6.03. The summed E-state index contributed by atoms with van der Waals surface area (Å²) in [6.07, 6.45) is 0. The van der Waals surface area contributed by atoms with Gasteiger partial charge in [-0.25, -0.2) is 8.78 Å². The van der Waals surface area contributed by atoms with Crippen LogP contribution in [0, 0.1) is 11.6 Å². The molecule has 0 unspecified atom stereocenters. The van der Waals surface area contributed by atoms with Crippen molar-refractivity contribution in [3.8, 4) is 22.5 Å². The van der Waals surface area contributed by atoms with Crippen LogP contribution in [-0.2, 0) is 0 Å². The molecule has 0 saturated carbocycles. The third-order valence-electron chi connectivity index (χ3n) is 3.03. The van der Waals surface area contributed by atoms with Gasteiger partial charge in [0.2, 0.25) is 0 Å². The van der Waals surface area contributed by atoms with Crippen molar-refractivity contribution in [1.29, 1.82) is 0 Å². The number of nitrogens with zero attached hydrogens (tertiary/aromatic N) is 1. The Bertz CT molecular complexity index is 800. The molecule has 6 heteroatoms. The van der Waals surface area contributed by atoms with Crippen molar-refractivity contribution in [3.05, 3.63) is 58.6 Å². The highest BCUT2D eigenvalue weighted by Gasteiger charge is 2.20. The van der Waals surface area contributed by atoms with Crippen LogP contribution in [0.25, 0.3) is 22.5 Å². The summed E-state index contributed by atoms with van der Waals surface area (Å²) in [5, 5.41) is 3.69. The Balaban J connectivity index is 2.19. The van der Waals surface area contributed by atoms with Crippen LogP contribution >= 0.6 is 15.9 Å². The van der Waals surface area contributed by atoms with Crippen LogP contribution in [-0.4, -0.2) is 5.16 Å². The largest absolute Gasteiger partial charge is 0.380 e. The Labute approximate surface area is 127 Å². The van der Waals surface area contributed by atoms with E-state index in [2.05, 4.69) is 21.1 Å². The number of anilines is 1. The van der Waals surface area contributed by atoms with E-state index in [9.17, 15) is 8.78 Å². The fourth-order valence-electron chi connectivity index (χ4n) is 2.06. The summed E-state index contributed by atoms with van der Waals surface area (Å²) in [7, 11) is 0. The molecular formula is C15H9BrF2N2O. The zero-order valence-corrected chi connectivity index (χ0v) is 12.2. The topological polar surface area (TPSA) is 52.0 Å². The minimum atomic E-state index is -0.469. The number of rotatable bonds is 2. The molecule has 0 radical (unpaired) electrons. The highest BCUT2D eigenvalue weighted by atomic mass is 79.9. The molecule has 0 aliphatic carbocycles. The number of benzene rings is 2. The average Bonchev–Trinajstić information content (AvgIpc) is 2.82. The standard InChI is InChI=1S/C15H9BrF2N2O/c16-9-3-6-11(12(18)7-9)14-13(15(19)20-21-14)8-1-4-10(17)5-2-8/h1-7H,(H2,19,20). The molecule has 106 valence electrons. The van der Waals surface area contributed by atoms with Gasteiger partial charge in [0.1, 0.15) is 11.6 Å². The molecule has 0 saturated heterocycles. The molecule has 0 spiro atoms. The molecule has 1 aromatic heterocycles. The van der Waals surface area contributed by atoms with Crippen LogP contribution in [0.3, 0.4) is 0 Å². The first kappa shape index (κ1) is 13.8. The van der Waals surface area contributed by atoms with Crippen molar-refractivity contribution in [2.75, 3.05) is 5.73 Å². The highest BCUT2D eigenvalue weighted by Crippen LogP contribution is 2.38. The van der Waals surface area contributed by atoms with E-state index in [1.165, 1.54) is 18.2 Å². The second-order valence-electron chi connectivity index (χ2n) is 4.40. The minimum Gasteiger partial charge on any atom is -0.380 e. The van der Waals surface area contributed by atoms with Crippen molar-refractivity contribution >= 4 is 21.7 Å². The molecule has 1 heterocycles. The lowest BCUT2D eigenvalue weighted by Crippen LogP contribution is -1.90. The van der Waals surface area contributed by atoms with Gasteiger partial charge < -0.3 is 10.3 Å². The van der Waals surface area contributed by atoms with Crippen molar-refractivity contribution in [2.45, 2.75) is 0 Å². The van der Waals surface area contributed by atoms with Gasteiger partial charge in [-0.15, -0.1) is 0 Å². The van der Waals surface area contributed by atoms with Crippen molar-refractivity contribution < 1.29 is 13.3 Å². The fourth-order valence-corrected chi connectivity index (χ4v) is 2.39. The van der Waals surface area contributed by atoms with Gasteiger partial charge in [0.25, 0.3) is 0 Å². The number of nitrogen functional groups attached to an aromatic ring is 1. The van der Waals surface area contributed by atoms with Gasteiger partial charge in [-0.3, -0.25) is 0 Å². The van der Waals surface area contributed by atoms with E-state index in [1.807, 2.05) is 0 Å². The maximum absolute atomic E-state index is 14.1. The van der Waals surface area contributed by atoms with Gasteiger partial charge in [0.15, 0.2) is 11.6 Å². The van der Waals surface area contributed by atoms with Crippen LogP contribution in [0.15, 0.2) is 51.5 Å². The summed E-state index contributed by atoms with van der Waals surface area (Å²) in [5.41, 5.74) is 7.08. The zero-order valence-electron chi connectivity index (χ0n) is 10.6. The molecule has 3 rings (SSSR count). The molecule has 0 atom stereocenters. The van der Waals surface area contributed by atoms with E-state index < -0.39 is 5.82 Å². The molecule has 0 aliphatic heterocycles. The monoisotopic (exact) mass is 350 g/mol. The number of hydrogen-bond acceptors (Lipinski definition) is 3. The molecule has 0 bridgehead atoms. The normalized spacial score (nSPS) is 10.8. The predicted molar refractivity (Wildman–Crippen MR) is 79.4 cm³/mol. The second kappa shape index (κ2) is 5.29. The summed E-state index contributed by atoms with van der Waals surface area (Å²) in [6.45, 7) is 0. The number of nitrogens with two attached hydrogens (primary N) is 1. The Morgan fingerprint density at radius 1 is 1.05 bits per heavy atom. The lowest BCUT2D eigenvalue weighted by atomic mass is 10.0. The zero-order chi connectivity index (χ0) is 15.0. The van der Waals surface area contributed by atoms with Crippen LogP contribution in [0.1, 0.15) is 0 Å². The van der Waals surface area contributed by atoms with Crippen LogP contribution in [0.4, 0.5) is 14.6 Å². The summed E-state index contributed by atoms with van der Waals surface area (Å²) in [6, 6.07) is 10.2. The van der Waals surface area contributed by atoms with E-state index in [1.54, 1.807) is 24.3 Å². The summed E-state index contributed by atoms with van der Waals surface area (Å²) in [4.78, 5) is 0. The average molecular weight is 351 g/mol. The number of aromatic nitrogens is 1. The summed E-state index contributed by atoms with van der Waals surface area (Å²) >= 11 is 3.19. The third-order valence-corrected chi connectivity index (χ3v) is 3.52. The Kier molecular flexibility index (Phi) is 3.47.